The van der Waals surface area contributed by atoms with Crippen molar-refractivity contribution in [2.24, 2.45) is 7.05 Å². The minimum absolute atomic E-state index is 0.125. The molecular weight excluding hydrogens is 360 g/mol. The number of anilines is 1. The summed E-state index contributed by atoms with van der Waals surface area (Å²) >= 11 is 1.56. The SMILES string of the molecule is Cc1c(C(=O)Nc2ccc(Sc3nccn3C)cc2)[nH]c2c1C(=O)CCC2. The van der Waals surface area contributed by atoms with Gasteiger partial charge in [0.15, 0.2) is 10.9 Å². The number of amides is 1. The number of carbonyl (C=O) groups excluding carboxylic acids is 2. The second-order valence-corrected chi connectivity index (χ2v) is 7.70. The van der Waals surface area contributed by atoms with Crippen molar-refractivity contribution in [3.8, 4) is 0 Å². The van der Waals surface area contributed by atoms with Gasteiger partial charge in [0, 0.05) is 47.7 Å². The zero-order valence-corrected chi connectivity index (χ0v) is 16.0. The van der Waals surface area contributed by atoms with Crippen molar-refractivity contribution in [3.05, 3.63) is 59.2 Å². The van der Waals surface area contributed by atoms with Gasteiger partial charge in [-0.2, -0.15) is 0 Å². The van der Waals surface area contributed by atoms with Crippen LogP contribution in [-0.4, -0.2) is 26.2 Å². The van der Waals surface area contributed by atoms with Gasteiger partial charge in [0.05, 0.1) is 0 Å². The van der Waals surface area contributed by atoms with E-state index in [1.54, 1.807) is 18.0 Å². The lowest BCUT2D eigenvalue weighted by molar-refractivity contribution is 0.0971. The van der Waals surface area contributed by atoms with Crippen molar-refractivity contribution < 1.29 is 9.59 Å². The molecule has 0 fully saturated rings. The van der Waals surface area contributed by atoms with Gasteiger partial charge >= 0.3 is 0 Å². The molecule has 7 heteroatoms. The highest BCUT2D eigenvalue weighted by Gasteiger charge is 2.26. The summed E-state index contributed by atoms with van der Waals surface area (Å²) in [7, 11) is 1.95. The number of nitrogens with one attached hydrogen (secondary N) is 2. The van der Waals surface area contributed by atoms with Crippen LogP contribution >= 0.6 is 11.8 Å². The molecule has 0 saturated heterocycles. The molecule has 0 radical (unpaired) electrons. The Morgan fingerprint density at radius 3 is 2.70 bits per heavy atom. The first-order chi connectivity index (χ1) is 13.0. The van der Waals surface area contributed by atoms with Crippen LogP contribution in [0.1, 0.15) is 44.9 Å². The minimum Gasteiger partial charge on any atom is -0.354 e. The number of aromatic amines is 1. The summed E-state index contributed by atoms with van der Waals surface area (Å²) in [5.41, 5.74) is 3.52. The number of aromatic nitrogens is 3. The molecule has 3 aromatic rings. The highest BCUT2D eigenvalue weighted by molar-refractivity contribution is 7.99. The van der Waals surface area contributed by atoms with E-state index in [0.717, 1.165) is 34.2 Å². The van der Waals surface area contributed by atoms with Crippen LogP contribution in [0.25, 0.3) is 0 Å². The lowest BCUT2D eigenvalue weighted by Gasteiger charge is -2.09. The van der Waals surface area contributed by atoms with Crippen molar-refractivity contribution in [2.75, 3.05) is 5.32 Å². The van der Waals surface area contributed by atoms with Gasteiger partial charge in [-0.15, -0.1) is 0 Å². The molecule has 1 amide bonds. The summed E-state index contributed by atoms with van der Waals surface area (Å²) in [6.45, 7) is 1.83. The lowest BCUT2D eigenvalue weighted by atomic mass is 9.94. The minimum atomic E-state index is -0.223. The van der Waals surface area contributed by atoms with E-state index in [1.807, 2.05) is 49.0 Å². The average Bonchev–Trinajstić information content (AvgIpc) is 3.21. The van der Waals surface area contributed by atoms with Crippen LogP contribution in [0.3, 0.4) is 0 Å². The number of Topliss-reactive ketones (excluding diaryl/α,β-unsaturated/α-hetero) is 1. The Morgan fingerprint density at radius 1 is 1.26 bits per heavy atom. The number of hydrogen-bond donors (Lipinski definition) is 2. The highest BCUT2D eigenvalue weighted by atomic mass is 32.2. The van der Waals surface area contributed by atoms with E-state index in [9.17, 15) is 9.59 Å². The summed E-state index contributed by atoms with van der Waals surface area (Å²) in [6.07, 6.45) is 5.87. The van der Waals surface area contributed by atoms with Gasteiger partial charge < -0.3 is 14.9 Å². The Kier molecular flexibility index (Phi) is 4.61. The monoisotopic (exact) mass is 380 g/mol. The molecule has 1 aliphatic rings. The first-order valence-electron chi connectivity index (χ1n) is 8.84. The molecule has 1 aromatic carbocycles. The van der Waals surface area contributed by atoms with Crippen LogP contribution in [0.2, 0.25) is 0 Å². The fraction of sp³-hybridized carbons (Fsp3) is 0.250. The van der Waals surface area contributed by atoms with E-state index >= 15 is 0 Å². The first kappa shape index (κ1) is 17.6. The Labute approximate surface area is 161 Å². The molecule has 2 aromatic heterocycles. The van der Waals surface area contributed by atoms with E-state index < -0.39 is 0 Å². The maximum absolute atomic E-state index is 12.7. The summed E-state index contributed by atoms with van der Waals surface area (Å²) < 4.78 is 1.96. The number of carbonyl (C=O) groups is 2. The highest BCUT2D eigenvalue weighted by Crippen LogP contribution is 2.28. The van der Waals surface area contributed by atoms with Crippen LogP contribution in [0.15, 0.2) is 46.7 Å². The Balaban J connectivity index is 1.49. The first-order valence-corrected chi connectivity index (χ1v) is 9.66. The van der Waals surface area contributed by atoms with Crippen molar-refractivity contribution >= 4 is 29.1 Å². The van der Waals surface area contributed by atoms with E-state index in [4.69, 9.17) is 0 Å². The molecule has 2 heterocycles. The fourth-order valence-corrected chi connectivity index (χ4v) is 4.16. The summed E-state index contributed by atoms with van der Waals surface area (Å²) in [5, 5.41) is 3.82. The number of hydrogen-bond acceptors (Lipinski definition) is 4. The predicted molar refractivity (Wildman–Crippen MR) is 105 cm³/mol. The molecule has 138 valence electrons. The lowest BCUT2D eigenvalue weighted by Crippen LogP contribution is -2.13. The zero-order chi connectivity index (χ0) is 19.0. The van der Waals surface area contributed by atoms with Gasteiger partial charge in [-0.1, -0.05) is 11.8 Å². The number of rotatable bonds is 4. The topological polar surface area (TPSA) is 79.8 Å². The average molecular weight is 380 g/mol. The van der Waals surface area contributed by atoms with Gasteiger partial charge in [-0.3, -0.25) is 9.59 Å². The largest absolute Gasteiger partial charge is 0.354 e. The van der Waals surface area contributed by atoms with E-state index in [-0.39, 0.29) is 11.7 Å². The molecule has 6 nitrogen and oxygen atoms in total. The van der Waals surface area contributed by atoms with Gasteiger partial charge in [0.2, 0.25) is 0 Å². The third-order valence-electron chi connectivity index (χ3n) is 4.76. The van der Waals surface area contributed by atoms with Crippen LogP contribution < -0.4 is 5.32 Å². The van der Waals surface area contributed by atoms with Gasteiger partial charge in [0.25, 0.3) is 5.91 Å². The number of benzene rings is 1. The van der Waals surface area contributed by atoms with Crippen LogP contribution in [-0.2, 0) is 13.5 Å². The number of fused-ring (bicyclic) bond motifs is 1. The standard InChI is InChI=1S/C20H20N4O2S/c1-12-17-15(4-3-5-16(17)25)23-18(12)19(26)22-13-6-8-14(9-7-13)27-20-21-10-11-24(20)2/h6-11,23H,3-5H2,1-2H3,(H,22,26). The second-order valence-electron chi connectivity index (χ2n) is 6.66. The molecule has 2 N–H and O–H groups in total. The molecule has 0 bridgehead atoms. The van der Waals surface area contributed by atoms with Crippen LogP contribution in [0, 0.1) is 6.92 Å². The van der Waals surface area contributed by atoms with Crippen LogP contribution in [0.4, 0.5) is 5.69 Å². The molecule has 1 aliphatic carbocycles. The predicted octanol–water partition coefficient (Wildman–Crippen LogP) is 3.98. The maximum Gasteiger partial charge on any atom is 0.272 e. The van der Waals surface area contributed by atoms with Gasteiger partial charge in [0.1, 0.15) is 5.69 Å². The Bertz CT molecular complexity index is 1020. The molecule has 27 heavy (non-hydrogen) atoms. The van der Waals surface area contributed by atoms with Crippen molar-refractivity contribution in [2.45, 2.75) is 36.2 Å². The van der Waals surface area contributed by atoms with E-state index in [2.05, 4.69) is 15.3 Å². The zero-order valence-electron chi connectivity index (χ0n) is 15.2. The molecule has 0 aliphatic heterocycles. The van der Waals surface area contributed by atoms with Crippen LogP contribution in [0.5, 0.6) is 0 Å². The molecule has 0 atom stereocenters. The van der Waals surface area contributed by atoms with E-state index in [0.29, 0.717) is 23.4 Å². The summed E-state index contributed by atoms with van der Waals surface area (Å²) in [4.78, 5) is 33.3. The molecule has 4 rings (SSSR count). The van der Waals surface area contributed by atoms with Crippen molar-refractivity contribution in [1.29, 1.82) is 0 Å². The third kappa shape index (κ3) is 3.42. The number of imidazole rings is 1. The smallest absolute Gasteiger partial charge is 0.272 e. The number of ketones is 1. The normalized spacial score (nSPS) is 13.5. The second kappa shape index (κ2) is 7.08. The van der Waals surface area contributed by atoms with Crippen molar-refractivity contribution in [3.63, 3.8) is 0 Å². The molecular formula is C20H20N4O2S. The van der Waals surface area contributed by atoms with Crippen molar-refractivity contribution in [1.82, 2.24) is 14.5 Å². The van der Waals surface area contributed by atoms with E-state index in [1.165, 1.54) is 0 Å². The third-order valence-corrected chi connectivity index (χ3v) is 5.85. The van der Waals surface area contributed by atoms with Gasteiger partial charge in [-0.25, -0.2) is 4.98 Å². The number of nitrogens with zero attached hydrogens (tertiary/aromatic N) is 2. The summed E-state index contributed by atoms with van der Waals surface area (Å²) in [6, 6.07) is 7.63. The molecule has 0 unspecified atom stereocenters. The van der Waals surface area contributed by atoms with Gasteiger partial charge in [-0.05, 0) is 49.6 Å². The fourth-order valence-electron chi connectivity index (χ4n) is 3.36. The maximum atomic E-state index is 12.7. The quantitative estimate of drug-likeness (QED) is 0.717. The summed E-state index contributed by atoms with van der Waals surface area (Å²) in [5.74, 6) is -0.0982. The Morgan fingerprint density at radius 2 is 2.04 bits per heavy atom. The molecule has 0 saturated carbocycles. The molecule has 0 spiro atoms. The number of H-pyrrole nitrogens is 1. The Hall–Kier alpha value is -2.80. The number of aryl methyl sites for hydroxylation is 2.